The molecule has 0 aliphatic carbocycles. The molecule has 0 aromatic heterocycles. The van der Waals surface area contributed by atoms with Gasteiger partial charge in [-0.05, 0) is 58.7 Å². The molecule has 1 atom stereocenters. The number of carboxylic acid groups (broad SMARTS) is 1. The van der Waals surface area contributed by atoms with Crippen molar-refractivity contribution < 1.29 is 9.90 Å². The molecular formula is C14H25N3O2. The highest BCUT2D eigenvalue weighted by molar-refractivity contribution is 5.68. The molecule has 0 radical (unpaired) electrons. The van der Waals surface area contributed by atoms with Gasteiger partial charge >= 0.3 is 5.97 Å². The maximum absolute atomic E-state index is 10.4. The Morgan fingerprint density at radius 1 is 1.58 bits per heavy atom. The van der Waals surface area contributed by atoms with Crippen molar-refractivity contribution in [3.63, 3.8) is 0 Å². The SMILES string of the molecule is CC(C)(C#N)CCN1CCCC(CNCC(=O)O)C1. The zero-order valence-electron chi connectivity index (χ0n) is 12.0. The lowest BCUT2D eigenvalue weighted by molar-refractivity contribution is -0.136. The third-order valence-electron chi connectivity index (χ3n) is 3.67. The second-order valence-electron chi connectivity index (χ2n) is 6.08. The normalized spacial score (nSPS) is 21.0. The molecule has 0 saturated carbocycles. The molecule has 1 unspecified atom stereocenters. The number of nitrogens with zero attached hydrogens (tertiary/aromatic N) is 2. The maximum atomic E-state index is 10.4. The van der Waals surface area contributed by atoms with Crippen LogP contribution in [0.4, 0.5) is 0 Å². The number of carboxylic acids is 1. The quantitative estimate of drug-likeness (QED) is 0.727. The van der Waals surface area contributed by atoms with Crippen molar-refractivity contribution >= 4 is 5.97 Å². The number of likely N-dealkylation sites (tertiary alicyclic amines) is 1. The Morgan fingerprint density at radius 2 is 2.32 bits per heavy atom. The molecule has 108 valence electrons. The summed E-state index contributed by atoms with van der Waals surface area (Å²) in [5.41, 5.74) is -0.255. The fourth-order valence-electron chi connectivity index (χ4n) is 2.40. The summed E-state index contributed by atoms with van der Waals surface area (Å²) in [6, 6.07) is 2.33. The summed E-state index contributed by atoms with van der Waals surface area (Å²) in [7, 11) is 0. The van der Waals surface area contributed by atoms with E-state index in [0.717, 1.165) is 45.4 Å². The van der Waals surface area contributed by atoms with E-state index >= 15 is 0 Å². The molecule has 0 aromatic carbocycles. The van der Waals surface area contributed by atoms with Gasteiger partial charge in [0.05, 0.1) is 18.0 Å². The molecule has 19 heavy (non-hydrogen) atoms. The summed E-state index contributed by atoms with van der Waals surface area (Å²) in [6.45, 7) is 7.81. The third kappa shape index (κ3) is 6.55. The molecular weight excluding hydrogens is 242 g/mol. The zero-order valence-corrected chi connectivity index (χ0v) is 12.0. The fourth-order valence-corrected chi connectivity index (χ4v) is 2.40. The number of rotatable bonds is 7. The minimum atomic E-state index is -0.802. The number of aliphatic carboxylic acids is 1. The number of piperidine rings is 1. The van der Waals surface area contributed by atoms with Crippen molar-refractivity contribution in [1.29, 1.82) is 5.26 Å². The van der Waals surface area contributed by atoms with E-state index < -0.39 is 5.97 Å². The molecule has 1 fully saturated rings. The van der Waals surface area contributed by atoms with E-state index in [1.165, 1.54) is 0 Å². The lowest BCUT2D eigenvalue weighted by Crippen LogP contribution is -2.41. The Hall–Kier alpha value is -1.12. The summed E-state index contributed by atoms with van der Waals surface area (Å²) in [5.74, 6) is -0.276. The fraction of sp³-hybridized carbons (Fsp3) is 0.857. The number of nitrogens with one attached hydrogen (secondary N) is 1. The van der Waals surface area contributed by atoms with Gasteiger partial charge in [0.25, 0.3) is 0 Å². The Morgan fingerprint density at radius 3 is 2.95 bits per heavy atom. The van der Waals surface area contributed by atoms with Crippen LogP contribution in [0.2, 0.25) is 0 Å². The Kier molecular flexibility index (Phi) is 6.26. The molecule has 0 spiro atoms. The Balaban J connectivity index is 2.26. The smallest absolute Gasteiger partial charge is 0.317 e. The van der Waals surface area contributed by atoms with E-state index in [1.54, 1.807) is 0 Å². The lowest BCUT2D eigenvalue weighted by atomic mass is 9.90. The van der Waals surface area contributed by atoms with E-state index in [1.807, 2.05) is 13.8 Å². The number of hydrogen-bond acceptors (Lipinski definition) is 4. The lowest BCUT2D eigenvalue weighted by Gasteiger charge is -2.34. The predicted molar refractivity (Wildman–Crippen MR) is 73.7 cm³/mol. The number of hydrogen-bond donors (Lipinski definition) is 2. The molecule has 2 N–H and O–H groups in total. The highest BCUT2D eigenvalue weighted by atomic mass is 16.4. The van der Waals surface area contributed by atoms with E-state index in [0.29, 0.717) is 5.92 Å². The van der Waals surface area contributed by atoms with Crippen LogP contribution in [-0.4, -0.2) is 48.7 Å². The van der Waals surface area contributed by atoms with Crippen molar-refractivity contribution in [3.05, 3.63) is 0 Å². The first-order chi connectivity index (χ1) is 8.93. The van der Waals surface area contributed by atoms with E-state index in [9.17, 15) is 4.79 Å². The van der Waals surface area contributed by atoms with Crippen LogP contribution in [0.15, 0.2) is 0 Å². The molecule has 1 heterocycles. The minimum absolute atomic E-state index is 0.0396. The maximum Gasteiger partial charge on any atom is 0.317 e. The highest BCUT2D eigenvalue weighted by Crippen LogP contribution is 2.22. The highest BCUT2D eigenvalue weighted by Gasteiger charge is 2.23. The third-order valence-corrected chi connectivity index (χ3v) is 3.67. The van der Waals surface area contributed by atoms with Gasteiger partial charge in [0, 0.05) is 6.54 Å². The summed E-state index contributed by atoms with van der Waals surface area (Å²) in [6.07, 6.45) is 3.20. The number of carbonyl (C=O) groups is 1. The predicted octanol–water partition coefficient (Wildman–Crippen LogP) is 1.31. The van der Waals surface area contributed by atoms with Gasteiger partial charge in [0.2, 0.25) is 0 Å². The van der Waals surface area contributed by atoms with Crippen molar-refractivity contribution in [2.75, 3.05) is 32.7 Å². The van der Waals surface area contributed by atoms with Crippen molar-refractivity contribution in [1.82, 2.24) is 10.2 Å². The van der Waals surface area contributed by atoms with Crippen LogP contribution in [0, 0.1) is 22.7 Å². The molecule has 1 aliphatic heterocycles. The summed E-state index contributed by atoms with van der Waals surface area (Å²) < 4.78 is 0. The molecule has 5 heteroatoms. The Bertz CT molecular complexity index is 336. The van der Waals surface area contributed by atoms with Gasteiger partial charge in [0.1, 0.15) is 0 Å². The van der Waals surface area contributed by atoms with Gasteiger partial charge in [-0.3, -0.25) is 4.79 Å². The van der Waals surface area contributed by atoms with Crippen LogP contribution in [-0.2, 0) is 4.79 Å². The molecule has 0 bridgehead atoms. The van der Waals surface area contributed by atoms with Gasteiger partial charge in [-0.25, -0.2) is 0 Å². The van der Waals surface area contributed by atoms with Crippen molar-refractivity contribution in [3.8, 4) is 6.07 Å². The molecule has 5 nitrogen and oxygen atoms in total. The molecule has 1 saturated heterocycles. The topological polar surface area (TPSA) is 76.4 Å². The number of nitriles is 1. The minimum Gasteiger partial charge on any atom is -0.480 e. The van der Waals surface area contributed by atoms with Crippen LogP contribution >= 0.6 is 0 Å². The zero-order chi connectivity index (χ0) is 14.3. The standard InChI is InChI=1S/C14H25N3O2/c1-14(2,11-15)5-7-17-6-3-4-12(10-17)8-16-9-13(18)19/h12,16H,3-10H2,1-2H3,(H,18,19). The molecule has 0 amide bonds. The first kappa shape index (κ1) is 15.9. The van der Waals surface area contributed by atoms with E-state index in [4.69, 9.17) is 10.4 Å². The van der Waals surface area contributed by atoms with Crippen LogP contribution < -0.4 is 5.32 Å². The summed E-state index contributed by atoms with van der Waals surface area (Å²) in [4.78, 5) is 12.8. The van der Waals surface area contributed by atoms with Gasteiger partial charge < -0.3 is 15.3 Å². The molecule has 1 aliphatic rings. The van der Waals surface area contributed by atoms with Gasteiger partial charge in [-0.2, -0.15) is 5.26 Å². The van der Waals surface area contributed by atoms with Crippen LogP contribution in [0.3, 0.4) is 0 Å². The monoisotopic (exact) mass is 267 g/mol. The molecule has 1 rings (SSSR count). The average molecular weight is 267 g/mol. The summed E-state index contributed by atoms with van der Waals surface area (Å²) >= 11 is 0. The average Bonchev–Trinajstić information content (AvgIpc) is 2.37. The molecule has 0 aromatic rings. The van der Waals surface area contributed by atoms with E-state index in [2.05, 4.69) is 16.3 Å². The largest absolute Gasteiger partial charge is 0.480 e. The first-order valence-electron chi connectivity index (χ1n) is 6.99. The van der Waals surface area contributed by atoms with Gasteiger partial charge in [-0.15, -0.1) is 0 Å². The van der Waals surface area contributed by atoms with E-state index in [-0.39, 0.29) is 12.0 Å². The van der Waals surface area contributed by atoms with Crippen LogP contribution in [0.1, 0.15) is 33.1 Å². The van der Waals surface area contributed by atoms with Crippen molar-refractivity contribution in [2.45, 2.75) is 33.1 Å². The van der Waals surface area contributed by atoms with Gasteiger partial charge in [-0.1, -0.05) is 0 Å². The van der Waals surface area contributed by atoms with Crippen LogP contribution in [0.5, 0.6) is 0 Å². The Labute approximate surface area is 115 Å². The summed E-state index contributed by atoms with van der Waals surface area (Å²) in [5, 5.41) is 20.6. The second kappa shape index (κ2) is 7.46. The van der Waals surface area contributed by atoms with Crippen molar-refractivity contribution in [2.24, 2.45) is 11.3 Å². The van der Waals surface area contributed by atoms with Gasteiger partial charge in [0.15, 0.2) is 0 Å². The van der Waals surface area contributed by atoms with Crippen LogP contribution in [0.25, 0.3) is 0 Å². The first-order valence-corrected chi connectivity index (χ1v) is 6.99. The second-order valence-corrected chi connectivity index (χ2v) is 6.08.